The summed E-state index contributed by atoms with van der Waals surface area (Å²) in [6.07, 6.45) is 3.91. The second kappa shape index (κ2) is 9.06. The molecule has 2 atom stereocenters. The number of anilines is 1. The molecule has 1 unspecified atom stereocenters. The highest BCUT2D eigenvalue weighted by Gasteiger charge is 2.48. The molecule has 2 amide bonds. The molecule has 182 valence electrons. The highest BCUT2D eigenvalue weighted by Crippen LogP contribution is 2.34. The topological polar surface area (TPSA) is 138 Å². The Balaban J connectivity index is 1.35. The Morgan fingerprint density at radius 2 is 1.83 bits per heavy atom. The van der Waals surface area contributed by atoms with Gasteiger partial charge in [-0.1, -0.05) is 11.2 Å². The van der Waals surface area contributed by atoms with Crippen LogP contribution in [0.15, 0.2) is 41.1 Å². The number of aliphatic hydroxyl groups is 1. The Hall–Kier alpha value is -3.86. The molecule has 3 aromatic rings. The number of hydrogen-bond acceptors (Lipinski definition) is 9. The third kappa shape index (κ3) is 4.34. The first-order valence-corrected chi connectivity index (χ1v) is 11.7. The van der Waals surface area contributed by atoms with E-state index in [1.54, 1.807) is 44.4 Å². The minimum Gasteiger partial charge on any atom is -0.373 e. The molecule has 2 aliphatic rings. The van der Waals surface area contributed by atoms with Gasteiger partial charge in [0, 0.05) is 45.4 Å². The normalized spacial score (nSPS) is 20.9. The monoisotopic (exact) mass is 477 g/mol. The van der Waals surface area contributed by atoms with Gasteiger partial charge >= 0.3 is 0 Å². The predicted octanol–water partition coefficient (Wildman–Crippen LogP) is 1.67. The number of aromatic nitrogens is 4. The third-order valence-corrected chi connectivity index (χ3v) is 6.49. The van der Waals surface area contributed by atoms with Crippen molar-refractivity contribution in [3.8, 4) is 22.8 Å². The fraction of sp³-hybridized carbons (Fsp3) is 0.417. The molecule has 3 aromatic heterocycles. The molecule has 11 nitrogen and oxygen atoms in total. The van der Waals surface area contributed by atoms with Crippen LogP contribution in [0.1, 0.15) is 31.9 Å². The minimum absolute atomic E-state index is 0.0343. The zero-order valence-electron chi connectivity index (χ0n) is 19.6. The number of carbonyl (C=O) groups is 2. The van der Waals surface area contributed by atoms with Gasteiger partial charge < -0.3 is 24.7 Å². The van der Waals surface area contributed by atoms with Gasteiger partial charge in [-0.2, -0.15) is 0 Å². The zero-order chi connectivity index (χ0) is 24.6. The van der Waals surface area contributed by atoms with E-state index in [0.717, 1.165) is 25.9 Å². The lowest BCUT2D eigenvalue weighted by Gasteiger charge is -2.21. The summed E-state index contributed by atoms with van der Waals surface area (Å²) in [5, 5.41) is 17.9. The fourth-order valence-electron chi connectivity index (χ4n) is 4.43. The van der Waals surface area contributed by atoms with E-state index in [2.05, 4.69) is 25.4 Å². The molecule has 0 aliphatic carbocycles. The summed E-state index contributed by atoms with van der Waals surface area (Å²) in [4.78, 5) is 41.7. The van der Waals surface area contributed by atoms with Crippen LogP contribution in [0, 0.1) is 0 Å². The van der Waals surface area contributed by atoms with Gasteiger partial charge in [-0.25, -0.2) is 15.0 Å². The number of likely N-dealkylation sites (N-methyl/N-ethyl adjacent to an activating group) is 1. The second-order valence-corrected chi connectivity index (χ2v) is 8.99. The van der Waals surface area contributed by atoms with E-state index in [1.165, 1.54) is 4.90 Å². The third-order valence-electron chi connectivity index (χ3n) is 6.49. The van der Waals surface area contributed by atoms with Crippen molar-refractivity contribution in [3.63, 3.8) is 0 Å². The Bertz CT molecular complexity index is 1260. The zero-order valence-corrected chi connectivity index (χ0v) is 19.6. The number of nitrogens with one attached hydrogen (secondary N) is 1. The van der Waals surface area contributed by atoms with Crippen LogP contribution in [0.2, 0.25) is 0 Å². The number of amides is 2. The van der Waals surface area contributed by atoms with Gasteiger partial charge in [0.15, 0.2) is 5.76 Å². The van der Waals surface area contributed by atoms with Crippen molar-refractivity contribution in [3.05, 3.63) is 42.3 Å². The van der Waals surface area contributed by atoms with Gasteiger partial charge in [-0.05, 0) is 38.0 Å². The summed E-state index contributed by atoms with van der Waals surface area (Å²) in [5.41, 5.74) is 0.334. The highest BCUT2D eigenvalue weighted by atomic mass is 16.5. The maximum Gasteiger partial charge on any atom is 0.262 e. The van der Waals surface area contributed by atoms with Crippen LogP contribution in [0.5, 0.6) is 0 Å². The molecular weight excluding hydrogens is 450 g/mol. The van der Waals surface area contributed by atoms with Crippen molar-refractivity contribution in [2.45, 2.75) is 37.8 Å². The molecule has 5 heterocycles. The van der Waals surface area contributed by atoms with E-state index < -0.39 is 17.6 Å². The lowest BCUT2D eigenvalue weighted by Crippen LogP contribution is -2.40. The van der Waals surface area contributed by atoms with Gasteiger partial charge in [0.25, 0.3) is 5.91 Å². The number of nitrogens with zero attached hydrogens (tertiary/aromatic N) is 6. The molecule has 2 fully saturated rings. The van der Waals surface area contributed by atoms with E-state index in [0.29, 0.717) is 35.3 Å². The van der Waals surface area contributed by atoms with Gasteiger partial charge in [-0.15, -0.1) is 0 Å². The van der Waals surface area contributed by atoms with Crippen molar-refractivity contribution in [1.82, 2.24) is 29.9 Å². The summed E-state index contributed by atoms with van der Waals surface area (Å²) in [7, 11) is 1.64. The molecule has 11 heteroatoms. The molecule has 0 spiro atoms. The summed E-state index contributed by atoms with van der Waals surface area (Å²) in [6, 6.07) is 8.20. The molecular formula is C24H27N7O4. The smallest absolute Gasteiger partial charge is 0.262 e. The standard InChI is InChI=1S/C24H27N7O4/c1-15(21(32)31-11-3-4-12-31)26-23-25-10-8-18(28-23)16-6-5-7-17(27-16)19-14-20(35-29-19)24(34)9-13-30(2)22(24)33/h5-8,10,14-15,34H,3-4,9,11-13H2,1-2H3,(H,25,26,28)/t15?,24-/m1/s1. The predicted molar refractivity (Wildman–Crippen MR) is 126 cm³/mol. The average molecular weight is 478 g/mol. The molecule has 2 saturated heterocycles. The van der Waals surface area contributed by atoms with Crippen molar-refractivity contribution >= 4 is 17.8 Å². The minimum atomic E-state index is -1.71. The fourth-order valence-corrected chi connectivity index (χ4v) is 4.43. The van der Waals surface area contributed by atoms with Crippen molar-refractivity contribution < 1.29 is 19.2 Å². The lowest BCUT2D eigenvalue weighted by atomic mass is 9.98. The molecule has 0 bridgehead atoms. The number of likely N-dealkylation sites (tertiary alicyclic amines) is 2. The molecule has 2 aliphatic heterocycles. The molecule has 5 rings (SSSR count). The molecule has 2 N–H and O–H groups in total. The van der Waals surface area contributed by atoms with E-state index in [-0.39, 0.29) is 18.1 Å². The lowest BCUT2D eigenvalue weighted by molar-refractivity contribution is -0.144. The number of rotatable bonds is 6. The van der Waals surface area contributed by atoms with Gasteiger partial charge in [0.1, 0.15) is 11.7 Å². The van der Waals surface area contributed by atoms with Crippen molar-refractivity contribution in [2.24, 2.45) is 0 Å². The van der Waals surface area contributed by atoms with Gasteiger partial charge in [0.2, 0.25) is 17.5 Å². The van der Waals surface area contributed by atoms with E-state index in [9.17, 15) is 14.7 Å². The Morgan fingerprint density at radius 1 is 1.11 bits per heavy atom. The largest absolute Gasteiger partial charge is 0.373 e. The summed E-state index contributed by atoms with van der Waals surface area (Å²) < 4.78 is 5.34. The van der Waals surface area contributed by atoms with E-state index in [1.807, 2.05) is 11.0 Å². The maximum atomic E-state index is 12.6. The van der Waals surface area contributed by atoms with Crippen LogP contribution in [-0.2, 0) is 15.2 Å². The number of hydrogen-bond donors (Lipinski definition) is 2. The van der Waals surface area contributed by atoms with Crippen LogP contribution >= 0.6 is 0 Å². The maximum absolute atomic E-state index is 12.6. The Kier molecular flexibility index (Phi) is 5.93. The first-order valence-electron chi connectivity index (χ1n) is 11.7. The SMILES string of the molecule is CC(Nc1nccc(-c2cccc(-c3cc([C@]4(O)CCN(C)C4=O)on3)n2)n1)C(=O)N1CCCC1. The number of carbonyl (C=O) groups excluding carboxylic acids is 2. The quantitative estimate of drug-likeness (QED) is 0.543. The van der Waals surface area contributed by atoms with Crippen LogP contribution in [0.25, 0.3) is 22.8 Å². The second-order valence-electron chi connectivity index (χ2n) is 8.99. The van der Waals surface area contributed by atoms with Crippen molar-refractivity contribution in [2.75, 3.05) is 32.0 Å². The molecule has 0 saturated carbocycles. The molecule has 35 heavy (non-hydrogen) atoms. The average Bonchev–Trinajstić information content (AvgIpc) is 3.63. The Labute approximate surface area is 202 Å². The molecule has 0 aromatic carbocycles. The van der Waals surface area contributed by atoms with E-state index in [4.69, 9.17) is 4.52 Å². The Morgan fingerprint density at radius 3 is 2.54 bits per heavy atom. The van der Waals surface area contributed by atoms with Gasteiger partial charge in [0.05, 0.1) is 17.1 Å². The van der Waals surface area contributed by atoms with Crippen LogP contribution in [-0.4, -0.2) is 79.6 Å². The highest BCUT2D eigenvalue weighted by molar-refractivity contribution is 5.87. The van der Waals surface area contributed by atoms with Crippen LogP contribution in [0.4, 0.5) is 5.95 Å². The van der Waals surface area contributed by atoms with E-state index >= 15 is 0 Å². The summed E-state index contributed by atoms with van der Waals surface area (Å²) in [5.74, 6) is 0.0520. The van der Waals surface area contributed by atoms with Crippen LogP contribution < -0.4 is 5.32 Å². The number of pyridine rings is 1. The first-order chi connectivity index (χ1) is 16.8. The molecule has 0 radical (unpaired) electrons. The van der Waals surface area contributed by atoms with Crippen molar-refractivity contribution in [1.29, 1.82) is 0 Å². The summed E-state index contributed by atoms with van der Waals surface area (Å²) in [6.45, 7) is 3.81. The van der Waals surface area contributed by atoms with Gasteiger partial charge in [-0.3, -0.25) is 9.59 Å². The first kappa shape index (κ1) is 22.9. The summed E-state index contributed by atoms with van der Waals surface area (Å²) >= 11 is 0. The van der Waals surface area contributed by atoms with Crippen LogP contribution in [0.3, 0.4) is 0 Å².